The number of hydrogen-bond donors (Lipinski definition) is 0. The fourth-order valence-electron chi connectivity index (χ4n) is 1.91. The molecule has 0 heterocycles. The summed E-state index contributed by atoms with van der Waals surface area (Å²) in [5.41, 5.74) is 0.918. The lowest BCUT2D eigenvalue weighted by molar-refractivity contribution is -0.130. The van der Waals surface area contributed by atoms with E-state index in [9.17, 15) is 9.18 Å². The lowest BCUT2D eigenvalue weighted by Gasteiger charge is -2.09. The van der Waals surface area contributed by atoms with E-state index in [1.54, 1.807) is 25.1 Å². The summed E-state index contributed by atoms with van der Waals surface area (Å²) in [7, 11) is 3.50. The first-order chi connectivity index (χ1) is 7.50. The van der Waals surface area contributed by atoms with E-state index in [-0.39, 0.29) is 23.6 Å². The average molecular weight is 286 g/mol. The van der Waals surface area contributed by atoms with Crippen LogP contribution in [0.1, 0.15) is 17.9 Å². The molecule has 0 aliphatic heterocycles. The van der Waals surface area contributed by atoms with Gasteiger partial charge in [0.15, 0.2) is 0 Å². The average Bonchev–Trinajstić information content (AvgIpc) is 3.00. The summed E-state index contributed by atoms with van der Waals surface area (Å²) in [5, 5.41) is 0. The van der Waals surface area contributed by atoms with E-state index < -0.39 is 0 Å². The summed E-state index contributed by atoms with van der Waals surface area (Å²) in [6, 6.07) is 5.08. The summed E-state index contributed by atoms with van der Waals surface area (Å²) in [5.74, 6) is 0.0989. The van der Waals surface area contributed by atoms with Gasteiger partial charge in [-0.25, -0.2) is 4.39 Å². The summed E-state index contributed by atoms with van der Waals surface area (Å²) in [6.45, 7) is 0. The third-order valence-electron chi connectivity index (χ3n) is 2.92. The van der Waals surface area contributed by atoms with Crippen molar-refractivity contribution in [3.63, 3.8) is 0 Å². The number of amides is 1. The minimum Gasteiger partial charge on any atom is -0.349 e. The standard InChI is InChI=1S/C12H13BrFNO/c1-15(2)12(16)9-6-8(9)7-3-4-10(13)11(14)5-7/h3-5,8-9H,6H2,1-2H3. The maximum Gasteiger partial charge on any atom is 0.225 e. The second kappa shape index (κ2) is 4.17. The number of nitrogens with zero attached hydrogens (tertiary/aromatic N) is 1. The molecular weight excluding hydrogens is 273 g/mol. The molecule has 1 amide bonds. The molecule has 2 nitrogen and oxygen atoms in total. The summed E-state index contributed by atoms with van der Waals surface area (Å²) >= 11 is 3.12. The van der Waals surface area contributed by atoms with Gasteiger partial charge in [-0.3, -0.25) is 4.79 Å². The zero-order chi connectivity index (χ0) is 11.9. The van der Waals surface area contributed by atoms with Crippen molar-refractivity contribution in [2.75, 3.05) is 14.1 Å². The zero-order valence-corrected chi connectivity index (χ0v) is 10.8. The minimum absolute atomic E-state index is 0.0376. The Morgan fingerprint density at radius 1 is 1.50 bits per heavy atom. The molecule has 0 N–H and O–H groups in total. The summed E-state index contributed by atoms with van der Waals surface area (Å²) in [4.78, 5) is 13.3. The largest absolute Gasteiger partial charge is 0.349 e. The Labute approximate surface area is 103 Å². The van der Waals surface area contributed by atoms with Crippen LogP contribution in [0, 0.1) is 11.7 Å². The molecule has 2 rings (SSSR count). The Hall–Kier alpha value is -0.900. The highest BCUT2D eigenvalue weighted by Crippen LogP contribution is 2.48. The van der Waals surface area contributed by atoms with Gasteiger partial charge in [0.05, 0.1) is 4.47 Å². The molecule has 0 bridgehead atoms. The van der Waals surface area contributed by atoms with E-state index in [4.69, 9.17) is 0 Å². The van der Waals surface area contributed by atoms with Crippen molar-refractivity contribution in [1.82, 2.24) is 4.90 Å². The quantitative estimate of drug-likeness (QED) is 0.818. The predicted molar refractivity (Wildman–Crippen MR) is 63.6 cm³/mol. The molecule has 4 heteroatoms. The van der Waals surface area contributed by atoms with Crippen molar-refractivity contribution < 1.29 is 9.18 Å². The third-order valence-corrected chi connectivity index (χ3v) is 3.56. The van der Waals surface area contributed by atoms with E-state index in [2.05, 4.69) is 15.9 Å². The molecule has 2 atom stereocenters. The van der Waals surface area contributed by atoms with Crippen molar-refractivity contribution in [2.24, 2.45) is 5.92 Å². The van der Waals surface area contributed by atoms with Gasteiger partial charge in [0, 0.05) is 20.0 Å². The first-order valence-electron chi connectivity index (χ1n) is 5.17. The molecule has 86 valence electrons. The maximum absolute atomic E-state index is 13.3. The molecule has 0 saturated heterocycles. The van der Waals surface area contributed by atoms with Gasteiger partial charge in [-0.15, -0.1) is 0 Å². The van der Waals surface area contributed by atoms with Crippen LogP contribution in [0.3, 0.4) is 0 Å². The Morgan fingerprint density at radius 3 is 2.75 bits per heavy atom. The molecule has 2 unspecified atom stereocenters. The molecule has 1 aliphatic rings. The van der Waals surface area contributed by atoms with Gasteiger partial charge in [-0.2, -0.15) is 0 Å². The summed E-state index contributed by atoms with van der Waals surface area (Å²) in [6.07, 6.45) is 0.831. The number of carbonyl (C=O) groups excluding carboxylic acids is 1. The molecule has 16 heavy (non-hydrogen) atoms. The Morgan fingerprint density at radius 2 is 2.19 bits per heavy atom. The summed E-state index contributed by atoms with van der Waals surface area (Å²) < 4.78 is 13.8. The lowest BCUT2D eigenvalue weighted by atomic mass is 10.1. The van der Waals surface area contributed by atoms with E-state index >= 15 is 0 Å². The van der Waals surface area contributed by atoms with Gasteiger partial charge < -0.3 is 4.90 Å². The van der Waals surface area contributed by atoms with Crippen LogP contribution in [0.25, 0.3) is 0 Å². The first-order valence-corrected chi connectivity index (χ1v) is 5.96. The van der Waals surface area contributed by atoms with Crippen LogP contribution in [0.2, 0.25) is 0 Å². The number of benzene rings is 1. The van der Waals surface area contributed by atoms with Crippen molar-refractivity contribution >= 4 is 21.8 Å². The van der Waals surface area contributed by atoms with Gasteiger partial charge in [-0.05, 0) is 46.0 Å². The van der Waals surface area contributed by atoms with Gasteiger partial charge in [0.25, 0.3) is 0 Å². The monoisotopic (exact) mass is 285 g/mol. The molecule has 0 spiro atoms. The lowest BCUT2D eigenvalue weighted by Crippen LogP contribution is -2.23. The number of rotatable bonds is 2. The van der Waals surface area contributed by atoms with Crippen LogP contribution in [0.4, 0.5) is 4.39 Å². The maximum atomic E-state index is 13.3. The number of hydrogen-bond acceptors (Lipinski definition) is 1. The fourth-order valence-corrected chi connectivity index (χ4v) is 2.16. The molecule has 0 radical (unpaired) electrons. The highest BCUT2D eigenvalue weighted by atomic mass is 79.9. The Balaban J connectivity index is 2.11. The van der Waals surface area contributed by atoms with E-state index in [1.165, 1.54) is 6.07 Å². The second-order valence-corrected chi connectivity index (χ2v) is 5.21. The first kappa shape index (κ1) is 11.6. The topological polar surface area (TPSA) is 20.3 Å². The number of halogens is 2. The van der Waals surface area contributed by atoms with Crippen LogP contribution in [0.5, 0.6) is 0 Å². The van der Waals surface area contributed by atoms with Crippen LogP contribution in [0.15, 0.2) is 22.7 Å². The van der Waals surface area contributed by atoms with Crippen LogP contribution < -0.4 is 0 Å². The fraction of sp³-hybridized carbons (Fsp3) is 0.417. The van der Waals surface area contributed by atoms with Crippen LogP contribution in [-0.2, 0) is 4.79 Å². The molecule has 1 fully saturated rings. The molecule has 1 aromatic carbocycles. The van der Waals surface area contributed by atoms with Gasteiger partial charge in [-0.1, -0.05) is 6.07 Å². The molecule has 1 aliphatic carbocycles. The molecule has 1 saturated carbocycles. The normalized spacial score (nSPS) is 23.0. The molecule has 0 aromatic heterocycles. The van der Waals surface area contributed by atoms with Crippen molar-refractivity contribution in [3.05, 3.63) is 34.1 Å². The predicted octanol–water partition coefficient (Wildman–Crippen LogP) is 2.78. The second-order valence-electron chi connectivity index (χ2n) is 4.35. The van der Waals surface area contributed by atoms with Gasteiger partial charge in [0.2, 0.25) is 5.91 Å². The van der Waals surface area contributed by atoms with Gasteiger partial charge in [0.1, 0.15) is 5.82 Å². The van der Waals surface area contributed by atoms with Gasteiger partial charge >= 0.3 is 0 Å². The van der Waals surface area contributed by atoms with Crippen LogP contribution >= 0.6 is 15.9 Å². The van der Waals surface area contributed by atoms with E-state index in [0.717, 1.165) is 12.0 Å². The van der Waals surface area contributed by atoms with Crippen molar-refractivity contribution in [2.45, 2.75) is 12.3 Å². The Bertz CT molecular complexity index is 433. The molecular formula is C12H13BrFNO. The highest BCUT2D eigenvalue weighted by molar-refractivity contribution is 9.10. The van der Waals surface area contributed by atoms with Crippen LogP contribution in [-0.4, -0.2) is 24.9 Å². The smallest absolute Gasteiger partial charge is 0.225 e. The van der Waals surface area contributed by atoms with Crippen molar-refractivity contribution in [1.29, 1.82) is 0 Å². The Kier molecular flexibility index (Phi) is 3.02. The SMILES string of the molecule is CN(C)C(=O)C1CC1c1ccc(Br)c(F)c1. The van der Waals surface area contributed by atoms with E-state index in [0.29, 0.717) is 4.47 Å². The molecule has 1 aromatic rings. The number of carbonyl (C=O) groups is 1. The third kappa shape index (κ3) is 2.12. The zero-order valence-electron chi connectivity index (χ0n) is 9.21. The van der Waals surface area contributed by atoms with Crippen molar-refractivity contribution in [3.8, 4) is 0 Å². The van der Waals surface area contributed by atoms with E-state index in [1.807, 2.05) is 6.07 Å². The minimum atomic E-state index is -0.263. The highest BCUT2D eigenvalue weighted by Gasteiger charge is 2.44.